The van der Waals surface area contributed by atoms with Gasteiger partial charge in [-0.25, -0.2) is 0 Å². The minimum absolute atomic E-state index is 0.222. The summed E-state index contributed by atoms with van der Waals surface area (Å²) >= 11 is 3.72. The van der Waals surface area contributed by atoms with Gasteiger partial charge < -0.3 is 9.29 Å². The fraction of sp³-hybridized carbons (Fsp3) is 0.643. The van der Waals surface area contributed by atoms with E-state index in [0.717, 1.165) is 9.35 Å². The van der Waals surface area contributed by atoms with Crippen molar-refractivity contribution < 1.29 is 14.1 Å². The highest BCUT2D eigenvalue weighted by Crippen LogP contribution is 2.41. The third kappa shape index (κ3) is 3.64. The number of hydrogen-bond acceptors (Lipinski definition) is 5. The molecular formula is C14H20BrNO3S2. The van der Waals surface area contributed by atoms with Crippen molar-refractivity contribution in [2.45, 2.75) is 44.4 Å². The maximum atomic E-state index is 12.6. The van der Waals surface area contributed by atoms with E-state index in [1.807, 2.05) is 39.1 Å². The summed E-state index contributed by atoms with van der Waals surface area (Å²) < 4.78 is 21.4. The molecule has 2 heterocycles. The highest BCUT2D eigenvalue weighted by atomic mass is 79.9. The Balaban J connectivity index is 2.36. The third-order valence-electron chi connectivity index (χ3n) is 3.57. The topological polar surface area (TPSA) is 61.4 Å². The molecule has 1 aliphatic heterocycles. The van der Waals surface area contributed by atoms with E-state index < -0.39 is 21.6 Å². The SMILES string of the molecule is CC(C)(C)[S@@+]([O-])N[C@](C)(c1cc(Br)cs1)C1CCOC1=O. The van der Waals surface area contributed by atoms with E-state index >= 15 is 0 Å². The number of hydrogen-bond donors (Lipinski definition) is 1. The molecule has 0 radical (unpaired) electrons. The fourth-order valence-electron chi connectivity index (χ4n) is 2.24. The number of carbonyl (C=O) groups is 1. The predicted octanol–water partition coefficient (Wildman–Crippen LogP) is 3.34. The molecule has 0 aromatic carbocycles. The van der Waals surface area contributed by atoms with Crippen LogP contribution in [0, 0.1) is 5.92 Å². The van der Waals surface area contributed by atoms with Crippen LogP contribution in [0.4, 0.5) is 0 Å². The smallest absolute Gasteiger partial charge is 0.311 e. The standard InChI is InChI=1S/C14H20BrNO3S2/c1-13(2,3)21(18)16-14(4,10-5-6-19-12(10)17)11-7-9(15)8-20-11/h7-8,10,16H,5-6H2,1-4H3/t10?,14-,21+/m0/s1. The van der Waals surface area contributed by atoms with Gasteiger partial charge >= 0.3 is 5.97 Å². The number of ether oxygens (including phenoxy) is 1. The zero-order valence-electron chi connectivity index (χ0n) is 12.6. The van der Waals surface area contributed by atoms with Crippen LogP contribution in [0.15, 0.2) is 15.9 Å². The van der Waals surface area contributed by atoms with Crippen LogP contribution in [0.2, 0.25) is 0 Å². The van der Waals surface area contributed by atoms with Crippen molar-refractivity contribution in [3.8, 4) is 0 Å². The number of esters is 1. The molecule has 0 saturated carbocycles. The first-order valence-electron chi connectivity index (χ1n) is 6.75. The van der Waals surface area contributed by atoms with Gasteiger partial charge in [0.25, 0.3) is 0 Å². The summed E-state index contributed by atoms with van der Waals surface area (Å²) in [6.07, 6.45) is 0.638. The van der Waals surface area contributed by atoms with Crippen molar-refractivity contribution in [3.63, 3.8) is 0 Å². The van der Waals surface area contributed by atoms with Crippen LogP contribution in [-0.2, 0) is 26.4 Å². The van der Waals surface area contributed by atoms with Crippen LogP contribution < -0.4 is 4.72 Å². The second kappa shape index (κ2) is 6.20. The van der Waals surface area contributed by atoms with Gasteiger partial charge in [-0.2, -0.15) is 0 Å². The van der Waals surface area contributed by atoms with Gasteiger partial charge in [-0.3, -0.25) is 4.79 Å². The fourth-order valence-corrected chi connectivity index (χ4v) is 4.85. The number of rotatable bonds is 4. The molecule has 1 aliphatic rings. The van der Waals surface area contributed by atoms with Crippen molar-refractivity contribution >= 4 is 44.6 Å². The number of nitrogens with one attached hydrogen (secondary N) is 1. The summed E-state index contributed by atoms with van der Waals surface area (Å²) in [5.41, 5.74) is -0.692. The molecule has 1 fully saturated rings. The van der Waals surface area contributed by atoms with E-state index in [2.05, 4.69) is 20.7 Å². The summed E-state index contributed by atoms with van der Waals surface area (Å²) in [5.74, 6) is -0.546. The maximum absolute atomic E-state index is 12.6. The molecule has 0 spiro atoms. The summed E-state index contributed by atoms with van der Waals surface area (Å²) in [6.45, 7) is 8.09. The van der Waals surface area contributed by atoms with E-state index in [0.29, 0.717) is 13.0 Å². The van der Waals surface area contributed by atoms with Crippen molar-refractivity contribution in [1.29, 1.82) is 0 Å². The van der Waals surface area contributed by atoms with Crippen molar-refractivity contribution in [2.75, 3.05) is 6.61 Å². The molecule has 1 unspecified atom stereocenters. The molecular weight excluding hydrogens is 374 g/mol. The molecule has 118 valence electrons. The Morgan fingerprint density at radius 3 is 2.57 bits per heavy atom. The van der Waals surface area contributed by atoms with Gasteiger partial charge in [0.15, 0.2) is 0 Å². The first-order chi connectivity index (χ1) is 9.64. The Labute approximate surface area is 141 Å². The van der Waals surface area contributed by atoms with Gasteiger partial charge in [-0.05, 0) is 56.1 Å². The minimum atomic E-state index is -1.28. The zero-order chi connectivity index (χ0) is 15.8. The van der Waals surface area contributed by atoms with Gasteiger partial charge in [0.2, 0.25) is 0 Å². The quantitative estimate of drug-likeness (QED) is 0.629. The lowest BCUT2D eigenvalue weighted by Crippen LogP contribution is -2.54. The maximum Gasteiger partial charge on any atom is 0.311 e. The summed E-state index contributed by atoms with van der Waals surface area (Å²) in [7, 11) is 0. The van der Waals surface area contributed by atoms with Crippen molar-refractivity contribution in [3.05, 3.63) is 20.8 Å². The average molecular weight is 394 g/mol. The van der Waals surface area contributed by atoms with Gasteiger partial charge in [0, 0.05) is 26.1 Å². The largest absolute Gasteiger partial charge is 0.598 e. The highest BCUT2D eigenvalue weighted by Gasteiger charge is 2.49. The van der Waals surface area contributed by atoms with Crippen LogP contribution in [0.1, 0.15) is 39.0 Å². The molecule has 3 atom stereocenters. The molecule has 0 aliphatic carbocycles. The molecule has 1 aromatic heterocycles. The lowest BCUT2D eigenvalue weighted by molar-refractivity contribution is -0.143. The Kier molecular flexibility index (Phi) is 5.10. The first-order valence-corrected chi connectivity index (χ1v) is 9.57. The summed E-state index contributed by atoms with van der Waals surface area (Å²) in [5, 5.41) is 1.97. The van der Waals surface area contributed by atoms with Crippen LogP contribution in [0.3, 0.4) is 0 Å². The van der Waals surface area contributed by atoms with Crippen LogP contribution in [0.5, 0.6) is 0 Å². The van der Waals surface area contributed by atoms with Crippen LogP contribution in [-0.4, -0.2) is 21.9 Å². The molecule has 2 rings (SSSR count). The van der Waals surface area contributed by atoms with Gasteiger partial charge in [0.1, 0.15) is 10.3 Å². The monoisotopic (exact) mass is 393 g/mol. The van der Waals surface area contributed by atoms with E-state index in [1.54, 1.807) is 11.3 Å². The first kappa shape index (κ1) is 17.3. The molecule has 1 N–H and O–H groups in total. The van der Waals surface area contributed by atoms with Crippen LogP contribution in [0.25, 0.3) is 0 Å². The molecule has 0 bridgehead atoms. The van der Waals surface area contributed by atoms with Crippen molar-refractivity contribution in [2.24, 2.45) is 5.92 Å². The average Bonchev–Trinajstić information content (AvgIpc) is 2.97. The highest BCUT2D eigenvalue weighted by molar-refractivity contribution is 9.10. The molecule has 1 saturated heterocycles. The second-order valence-electron chi connectivity index (χ2n) is 6.32. The van der Waals surface area contributed by atoms with E-state index in [-0.39, 0.29) is 11.9 Å². The van der Waals surface area contributed by atoms with Gasteiger partial charge in [-0.15, -0.1) is 16.1 Å². The molecule has 21 heavy (non-hydrogen) atoms. The second-order valence-corrected chi connectivity index (χ2v) is 10.1. The summed E-state index contributed by atoms with van der Waals surface area (Å²) in [4.78, 5) is 13.0. The van der Waals surface area contributed by atoms with E-state index in [4.69, 9.17) is 4.74 Å². The lowest BCUT2D eigenvalue weighted by Gasteiger charge is -2.36. The number of cyclic esters (lactones) is 1. The van der Waals surface area contributed by atoms with Gasteiger partial charge in [0.05, 0.1) is 12.5 Å². The summed E-state index contributed by atoms with van der Waals surface area (Å²) in [6, 6.07) is 1.98. The Morgan fingerprint density at radius 1 is 1.48 bits per heavy atom. The zero-order valence-corrected chi connectivity index (χ0v) is 15.8. The van der Waals surface area contributed by atoms with E-state index in [9.17, 15) is 9.35 Å². The third-order valence-corrected chi connectivity index (χ3v) is 7.22. The minimum Gasteiger partial charge on any atom is -0.598 e. The van der Waals surface area contributed by atoms with E-state index in [1.165, 1.54) is 0 Å². The Morgan fingerprint density at radius 2 is 2.14 bits per heavy atom. The molecule has 1 aromatic rings. The Hall–Kier alpha value is -0.0800. The normalized spacial score (nSPS) is 23.7. The lowest BCUT2D eigenvalue weighted by atomic mass is 9.84. The Bertz CT molecular complexity index is 529. The van der Waals surface area contributed by atoms with Gasteiger partial charge in [-0.1, -0.05) is 0 Å². The van der Waals surface area contributed by atoms with Crippen molar-refractivity contribution in [1.82, 2.24) is 4.72 Å². The molecule has 4 nitrogen and oxygen atoms in total. The molecule has 7 heteroatoms. The number of carbonyl (C=O) groups excluding carboxylic acids is 1. The molecule has 0 amide bonds. The number of thiophene rings is 1. The number of halogens is 1. The predicted molar refractivity (Wildman–Crippen MR) is 89.5 cm³/mol. The van der Waals surface area contributed by atoms with Crippen LogP contribution >= 0.6 is 27.3 Å².